The van der Waals surface area contributed by atoms with Gasteiger partial charge in [-0.25, -0.2) is 0 Å². The maximum Gasteiger partial charge on any atom is 0.150 e. The molecule has 0 amide bonds. The summed E-state index contributed by atoms with van der Waals surface area (Å²) < 4.78 is 0. The monoisotopic (exact) mass is 203 g/mol. The molecule has 2 rings (SSSR count). The number of hydrogen-bond acceptors (Lipinski definition) is 2. The maximum atomic E-state index is 11.0. The number of nitrogens with one attached hydrogen (secondary N) is 1. The largest absolute Gasteiger partial charge is 0.310 e. The van der Waals surface area contributed by atoms with Crippen LogP contribution < -0.4 is 5.32 Å². The van der Waals surface area contributed by atoms with Gasteiger partial charge in [-0.05, 0) is 37.9 Å². The molecular weight excluding hydrogens is 186 g/mol. The predicted octanol–water partition coefficient (Wildman–Crippen LogP) is 2.62. The van der Waals surface area contributed by atoms with Gasteiger partial charge in [-0.1, -0.05) is 24.1 Å². The Morgan fingerprint density at radius 3 is 2.93 bits per heavy atom. The zero-order chi connectivity index (χ0) is 10.7. The quantitative estimate of drug-likeness (QED) is 0.749. The first-order valence-electron chi connectivity index (χ1n) is 5.60. The van der Waals surface area contributed by atoms with Gasteiger partial charge in [-0.3, -0.25) is 4.79 Å². The summed E-state index contributed by atoms with van der Waals surface area (Å²) in [6.45, 7) is 3.09. The highest BCUT2D eigenvalue weighted by atomic mass is 16.1. The van der Waals surface area contributed by atoms with Gasteiger partial charge < -0.3 is 5.32 Å². The zero-order valence-corrected chi connectivity index (χ0v) is 9.12. The highest BCUT2D eigenvalue weighted by Gasteiger charge is 2.17. The van der Waals surface area contributed by atoms with Crippen LogP contribution in [0.25, 0.3) is 0 Å². The fourth-order valence-electron chi connectivity index (χ4n) is 2.23. The Labute approximate surface area is 90.7 Å². The molecular formula is C13H17NO. The van der Waals surface area contributed by atoms with Crippen molar-refractivity contribution in [2.24, 2.45) is 0 Å². The molecule has 1 saturated heterocycles. The van der Waals surface area contributed by atoms with Crippen molar-refractivity contribution in [3.05, 3.63) is 34.9 Å². The lowest BCUT2D eigenvalue weighted by Crippen LogP contribution is -2.27. The minimum absolute atomic E-state index is 0.375. The van der Waals surface area contributed by atoms with Crippen LogP contribution in [-0.2, 0) is 0 Å². The van der Waals surface area contributed by atoms with Gasteiger partial charge in [0.15, 0.2) is 0 Å². The van der Waals surface area contributed by atoms with Crippen molar-refractivity contribution in [1.82, 2.24) is 5.32 Å². The van der Waals surface area contributed by atoms with E-state index in [0.29, 0.717) is 6.04 Å². The fourth-order valence-corrected chi connectivity index (χ4v) is 2.23. The number of benzene rings is 1. The summed E-state index contributed by atoms with van der Waals surface area (Å²) >= 11 is 0. The topological polar surface area (TPSA) is 29.1 Å². The summed E-state index contributed by atoms with van der Waals surface area (Å²) in [6.07, 6.45) is 4.62. The molecule has 1 aromatic carbocycles. The minimum Gasteiger partial charge on any atom is -0.310 e. The first-order valence-corrected chi connectivity index (χ1v) is 5.60. The fraction of sp³-hybridized carbons (Fsp3) is 0.462. The van der Waals surface area contributed by atoms with Gasteiger partial charge in [-0.15, -0.1) is 0 Å². The summed E-state index contributed by atoms with van der Waals surface area (Å²) in [7, 11) is 0. The summed E-state index contributed by atoms with van der Waals surface area (Å²) in [6, 6.07) is 6.51. The second-order valence-corrected chi connectivity index (χ2v) is 4.25. The Bertz CT molecular complexity index is 354. The normalized spacial score (nSPS) is 21.3. The van der Waals surface area contributed by atoms with E-state index in [1.807, 2.05) is 13.0 Å². The molecule has 0 spiro atoms. The average molecular weight is 203 g/mol. The van der Waals surface area contributed by atoms with E-state index >= 15 is 0 Å². The van der Waals surface area contributed by atoms with Crippen LogP contribution in [0.2, 0.25) is 0 Å². The first-order chi connectivity index (χ1) is 7.31. The van der Waals surface area contributed by atoms with Crippen LogP contribution in [0.4, 0.5) is 0 Å². The van der Waals surface area contributed by atoms with Crippen molar-refractivity contribution in [3.63, 3.8) is 0 Å². The number of piperidine rings is 1. The van der Waals surface area contributed by atoms with Gasteiger partial charge in [0, 0.05) is 11.6 Å². The van der Waals surface area contributed by atoms with Crippen LogP contribution in [0.15, 0.2) is 18.2 Å². The molecule has 2 nitrogen and oxygen atoms in total. The van der Waals surface area contributed by atoms with E-state index in [1.54, 1.807) is 0 Å². The molecule has 0 saturated carbocycles. The van der Waals surface area contributed by atoms with Crippen LogP contribution in [0.1, 0.15) is 46.8 Å². The van der Waals surface area contributed by atoms with Gasteiger partial charge in [0.1, 0.15) is 6.29 Å². The Morgan fingerprint density at radius 1 is 1.40 bits per heavy atom. The summed E-state index contributed by atoms with van der Waals surface area (Å²) in [5.74, 6) is 0. The van der Waals surface area contributed by atoms with Crippen molar-refractivity contribution in [3.8, 4) is 0 Å². The van der Waals surface area contributed by atoms with Crippen LogP contribution in [0.3, 0.4) is 0 Å². The Morgan fingerprint density at radius 2 is 2.27 bits per heavy atom. The molecule has 1 fully saturated rings. The lowest BCUT2D eigenvalue weighted by atomic mass is 9.93. The summed E-state index contributed by atoms with van der Waals surface area (Å²) in [4.78, 5) is 11.0. The Kier molecular flexibility index (Phi) is 3.17. The molecule has 1 N–H and O–H groups in total. The first kappa shape index (κ1) is 10.4. The average Bonchev–Trinajstić information content (AvgIpc) is 2.30. The highest BCUT2D eigenvalue weighted by molar-refractivity contribution is 5.78. The van der Waals surface area contributed by atoms with Crippen molar-refractivity contribution in [2.45, 2.75) is 32.2 Å². The number of aryl methyl sites for hydroxylation is 1. The van der Waals surface area contributed by atoms with Gasteiger partial charge in [0.25, 0.3) is 0 Å². The third-order valence-corrected chi connectivity index (χ3v) is 3.05. The van der Waals surface area contributed by atoms with E-state index in [-0.39, 0.29) is 0 Å². The Hall–Kier alpha value is -1.15. The van der Waals surface area contributed by atoms with E-state index in [1.165, 1.54) is 12.8 Å². The van der Waals surface area contributed by atoms with E-state index in [0.717, 1.165) is 35.9 Å². The summed E-state index contributed by atoms with van der Waals surface area (Å²) in [5.41, 5.74) is 3.15. The van der Waals surface area contributed by atoms with Crippen molar-refractivity contribution >= 4 is 6.29 Å². The SMILES string of the molecule is Cc1ccc(C2CCCCN2)c(C=O)c1. The molecule has 1 aliphatic rings. The number of aldehydes is 1. The molecule has 0 radical (unpaired) electrons. The second kappa shape index (κ2) is 4.58. The standard InChI is InChI=1S/C13H17NO/c1-10-5-6-12(11(8-10)9-15)13-4-2-3-7-14-13/h5-6,8-9,13-14H,2-4,7H2,1H3. The molecule has 1 aliphatic heterocycles. The number of hydrogen-bond donors (Lipinski definition) is 1. The van der Waals surface area contributed by atoms with Gasteiger partial charge in [0.05, 0.1) is 0 Å². The van der Waals surface area contributed by atoms with Crippen molar-refractivity contribution in [2.75, 3.05) is 6.54 Å². The highest BCUT2D eigenvalue weighted by Crippen LogP contribution is 2.25. The van der Waals surface area contributed by atoms with Crippen molar-refractivity contribution < 1.29 is 4.79 Å². The van der Waals surface area contributed by atoms with Crippen LogP contribution >= 0.6 is 0 Å². The van der Waals surface area contributed by atoms with Gasteiger partial charge in [-0.2, -0.15) is 0 Å². The van der Waals surface area contributed by atoms with E-state index < -0.39 is 0 Å². The third-order valence-electron chi connectivity index (χ3n) is 3.05. The molecule has 1 heterocycles. The maximum absolute atomic E-state index is 11.0. The molecule has 1 unspecified atom stereocenters. The van der Waals surface area contributed by atoms with Crippen LogP contribution in [0, 0.1) is 6.92 Å². The van der Waals surface area contributed by atoms with Crippen molar-refractivity contribution in [1.29, 1.82) is 0 Å². The lowest BCUT2D eigenvalue weighted by Gasteiger charge is -2.25. The Balaban J connectivity index is 2.29. The number of carbonyl (C=O) groups is 1. The predicted molar refractivity (Wildman–Crippen MR) is 61.2 cm³/mol. The molecule has 0 bridgehead atoms. The minimum atomic E-state index is 0.375. The molecule has 15 heavy (non-hydrogen) atoms. The second-order valence-electron chi connectivity index (χ2n) is 4.25. The molecule has 1 aromatic rings. The zero-order valence-electron chi connectivity index (χ0n) is 9.12. The third kappa shape index (κ3) is 2.26. The number of rotatable bonds is 2. The van der Waals surface area contributed by atoms with E-state index in [9.17, 15) is 4.79 Å². The van der Waals surface area contributed by atoms with E-state index in [4.69, 9.17) is 0 Å². The number of carbonyl (C=O) groups excluding carboxylic acids is 1. The van der Waals surface area contributed by atoms with Gasteiger partial charge in [0.2, 0.25) is 0 Å². The smallest absolute Gasteiger partial charge is 0.150 e. The van der Waals surface area contributed by atoms with Crippen LogP contribution in [0.5, 0.6) is 0 Å². The molecule has 0 aliphatic carbocycles. The van der Waals surface area contributed by atoms with Crippen LogP contribution in [-0.4, -0.2) is 12.8 Å². The van der Waals surface area contributed by atoms with E-state index in [2.05, 4.69) is 17.4 Å². The molecule has 80 valence electrons. The summed E-state index contributed by atoms with van der Waals surface area (Å²) in [5, 5.41) is 3.47. The molecule has 0 aromatic heterocycles. The lowest BCUT2D eigenvalue weighted by molar-refractivity contribution is 0.112. The molecule has 2 heteroatoms. The van der Waals surface area contributed by atoms with Gasteiger partial charge >= 0.3 is 0 Å². The molecule has 1 atom stereocenters.